The van der Waals surface area contributed by atoms with E-state index in [1.54, 1.807) is 0 Å². The Labute approximate surface area is 86.3 Å². The number of carbonyl (C=O) groups excluding carboxylic acids is 1. The lowest BCUT2D eigenvalue weighted by atomic mass is 10.0. The van der Waals surface area contributed by atoms with Crippen LogP contribution in [-0.4, -0.2) is 13.0 Å². The van der Waals surface area contributed by atoms with Crippen LogP contribution in [0.1, 0.15) is 18.0 Å². The fourth-order valence-electron chi connectivity index (χ4n) is 1.32. The molecule has 1 aromatic carbocycles. The van der Waals surface area contributed by atoms with Crippen LogP contribution in [0.15, 0.2) is 24.3 Å². The van der Waals surface area contributed by atoms with Crippen molar-refractivity contribution in [1.29, 1.82) is 0 Å². The summed E-state index contributed by atoms with van der Waals surface area (Å²) in [6.45, 7) is 0. The lowest BCUT2D eigenvalue weighted by molar-refractivity contribution is -0.118. The third-order valence-corrected chi connectivity index (χ3v) is 2.48. The first-order valence-electron chi connectivity index (χ1n) is 4.44. The highest BCUT2D eigenvalue weighted by Gasteiger charge is 2.11. The van der Waals surface area contributed by atoms with E-state index in [4.69, 9.17) is 5.73 Å². The monoisotopic (exact) mass is 210 g/mol. The van der Waals surface area contributed by atoms with Crippen molar-refractivity contribution in [2.45, 2.75) is 12.5 Å². The highest BCUT2D eigenvalue weighted by atomic mass is 31.0. The molecule has 0 bridgehead atoms. The van der Waals surface area contributed by atoms with E-state index in [0.29, 0.717) is 6.42 Å². The largest absolute Gasteiger partial charge is 0.370 e. The summed E-state index contributed by atoms with van der Waals surface area (Å²) in [7, 11) is 4.44. The average Bonchev–Trinajstić information content (AvgIpc) is 2.15. The van der Waals surface area contributed by atoms with Crippen LogP contribution in [0, 0.1) is 0 Å². The molecule has 0 aliphatic rings. The van der Waals surface area contributed by atoms with Gasteiger partial charge >= 0.3 is 0 Å². The summed E-state index contributed by atoms with van der Waals surface area (Å²) in [5, 5.41) is 4.19. The van der Waals surface area contributed by atoms with Gasteiger partial charge < -0.3 is 11.1 Å². The Morgan fingerprint density at radius 2 is 2.07 bits per heavy atom. The molecular formula is C10H15N2OP. The minimum absolute atomic E-state index is 0.0121. The van der Waals surface area contributed by atoms with Gasteiger partial charge in [0.25, 0.3) is 0 Å². The summed E-state index contributed by atoms with van der Waals surface area (Å²) < 4.78 is 0. The maximum absolute atomic E-state index is 10.8. The van der Waals surface area contributed by atoms with Crippen LogP contribution in [0.5, 0.6) is 0 Å². The van der Waals surface area contributed by atoms with Gasteiger partial charge in [0.2, 0.25) is 5.91 Å². The molecule has 1 rings (SSSR count). The van der Waals surface area contributed by atoms with Crippen LogP contribution in [0.2, 0.25) is 0 Å². The summed E-state index contributed by atoms with van der Waals surface area (Å²) in [5.41, 5.74) is 6.23. The molecule has 1 amide bonds. The normalized spacial score (nSPS) is 12.4. The van der Waals surface area contributed by atoms with E-state index in [0.717, 1.165) is 10.9 Å². The second-order valence-electron chi connectivity index (χ2n) is 3.18. The summed E-state index contributed by atoms with van der Waals surface area (Å²) in [6.07, 6.45) is 0.326. The zero-order chi connectivity index (χ0) is 10.6. The van der Waals surface area contributed by atoms with E-state index in [-0.39, 0.29) is 11.9 Å². The molecule has 0 radical (unpaired) electrons. The van der Waals surface area contributed by atoms with Crippen LogP contribution in [-0.2, 0) is 4.79 Å². The molecule has 3 nitrogen and oxygen atoms in total. The van der Waals surface area contributed by atoms with Gasteiger partial charge in [-0.05, 0) is 17.9 Å². The summed E-state index contributed by atoms with van der Waals surface area (Å²) in [4.78, 5) is 10.8. The molecule has 3 N–H and O–H groups in total. The van der Waals surface area contributed by atoms with Gasteiger partial charge in [0.1, 0.15) is 0 Å². The number of amides is 1. The second kappa shape index (κ2) is 5.08. The third-order valence-electron chi connectivity index (χ3n) is 2.09. The predicted octanol–water partition coefficient (Wildman–Crippen LogP) is 0.323. The van der Waals surface area contributed by atoms with Gasteiger partial charge in [-0.2, -0.15) is 0 Å². The van der Waals surface area contributed by atoms with E-state index >= 15 is 0 Å². The first kappa shape index (κ1) is 11.2. The lowest BCUT2D eigenvalue weighted by Gasteiger charge is -2.14. The molecule has 14 heavy (non-hydrogen) atoms. The summed E-state index contributed by atoms with van der Waals surface area (Å²) >= 11 is 0. The van der Waals surface area contributed by atoms with Crippen LogP contribution in [0.4, 0.5) is 0 Å². The molecule has 0 aromatic heterocycles. The van der Waals surface area contributed by atoms with E-state index < -0.39 is 0 Å². The Morgan fingerprint density at radius 3 is 2.50 bits per heavy atom. The topological polar surface area (TPSA) is 55.1 Å². The highest BCUT2D eigenvalue weighted by molar-refractivity contribution is 7.27. The van der Waals surface area contributed by atoms with Gasteiger partial charge in [0.15, 0.2) is 0 Å². The summed E-state index contributed by atoms with van der Waals surface area (Å²) in [6, 6.07) is 7.98. The van der Waals surface area contributed by atoms with Crippen LogP contribution < -0.4 is 16.4 Å². The van der Waals surface area contributed by atoms with Gasteiger partial charge in [-0.3, -0.25) is 4.79 Å². The Balaban J connectivity index is 2.78. The van der Waals surface area contributed by atoms with E-state index in [1.807, 2.05) is 31.3 Å². The molecule has 0 saturated carbocycles. The van der Waals surface area contributed by atoms with Crippen molar-refractivity contribution < 1.29 is 4.79 Å². The van der Waals surface area contributed by atoms with Gasteiger partial charge in [0, 0.05) is 12.5 Å². The quantitative estimate of drug-likeness (QED) is 0.703. The smallest absolute Gasteiger partial charge is 0.219 e. The lowest BCUT2D eigenvalue weighted by Crippen LogP contribution is -2.23. The number of primary amides is 1. The average molecular weight is 210 g/mol. The number of rotatable bonds is 4. The van der Waals surface area contributed by atoms with E-state index in [2.05, 4.69) is 14.6 Å². The number of carbonyl (C=O) groups is 1. The zero-order valence-corrected chi connectivity index (χ0v) is 9.31. The van der Waals surface area contributed by atoms with Crippen molar-refractivity contribution in [1.82, 2.24) is 5.32 Å². The fourth-order valence-corrected chi connectivity index (χ4v) is 1.51. The van der Waals surface area contributed by atoms with Crippen LogP contribution >= 0.6 is 9.24 Å². The molecule has 4 heteroatoms. The molecule has 0 saturated heterocycles. The van der Waals surface area contributed by atoms with Crippen LogP contribution in [0.25, 0.3) is 0 Å². The standard InChI is InChI=1S/C10H15N2OP/c1-12-9(6-10(11)13)7-2-4-8(14)5-3-7/h2-5,9,12H,6,14H2,1H3,(H2,11,13)/t9-/m1/s1. The summed E-state index contributed by atoms with van der Waals surface area (Å²) in [5.74, 6) is -0.292. The van der Waals surface area contributed by atoms with Crippen molar-refractivity contribution in [2.24, 2.45) is 5.73 Å². The SMILES string of the molecule is CN[C@H](CC(N)=O)c1ccc(P)cc1. The molecule has 0 heterocycles. The minimum Gasteiger partial charge on any atom is -0.370 e. The maximum Gasteiger partial charge on any atom is 0.219 e. The number of benzene rings is 1. The number of nitrogens with two attached hydrogens (primary N) is 1. The Hall–Kier alpha value is -0.920. The van der Waals surface area contributed by atoms with Crippen molar-refractivity contribution >= 4 is 20.5 Å². The van der Waals surface area contributed by atoms with Crippen molar-refractivity contribution in [2.75, 3.05) is 7.05 Å². The number of nitrogens with one attached hydrogen (secondary N) is 1. The van der Waals surface area contributed by atoms with Crippen LogP contribution in [0.3, 0.4) is 0 Å². The molecule has 1 unspecified atom stereocenters. The molecule has 0 spiro atoms. The first-order chi connectivity index (χ1) is 6.63. The first-order valence-corrected chi connectivity index (χ1v) is 5.02. The maximum atomic E-state index is 10.8. The van der Waals surface area contributed by atoms with E-state index in [9.17, 15) is 4.79 Å². The Bertz CT molecular complexity index is 310. The fraction of sp³-hybridized carbons (Fsp3) is 0.300. The molecule has 1 aromatic rings. The molecule has 2 atom stereocenters. The Morgan fingerprint density at radius 1 is 1.50 bits per heavy atom. The number of hydrogen-bond acceptors (Lipinski definition) is 2. The molecular weight excluding hydrogens is 195 g/mol. The second-order valence-corrected chi connectivity index (χ2v) is 3.85. The van der Waals surface area contributed by atoms with E-state index in [1.165, 1.54) is 0 Å². The van der Waals surface area contributed by atoms with Crippen molar-refractivity contribution in [3.63, 3.8) is 0 Å². The predicted molar refractivity (Wildman–Crippen MR) is 61.4 cm³/mol. The van der Waals surface area contributed by atoms with Crippen molar-refractivity contribution in [3.8, 4) is 0 Å². The third kappa shape index (κ3) is 3.09. The van der Waals surface area contributed by atoms with Gasteiger partial charge in [-0.15, -0.1) is 9.24 Å². The highest BCUT2D eigenvalue weighted by Crippen LogP contribution is 2.14. The van der Waals surface area contributed by atoms with Gasteiger partial charge in [0.05, 0.1) is 0 Å². The van der Waals surface area contributed by atoms with Crippen molar-refractivity contribution in [3.05, 3.63) is 29.8 Å². The molecule has 0 aliphatic carbocycles. The Kier molecular flexibility index (Phi) is 4.05. The molecule has 0 aliphatic heterocycles. The minimum atomic E-state index is -0.292. The molecule has 0 fully saturated rings. The number of hydrogen-bond donors (Lipinski definition) is 2. The van der Waals surface area contributed by atoms with Gasteiger partial charge in [-0.1, -0.05) is 24.3 Å². The van der Waals surface area contributed by atoms with Gasteiger partial charge in [-0.25, -0.2) is 0 Å². The zero-order valence-electron chi connectivity index (χ0n) is 8.16. The molecule has 76 valence electrons.